The van der Waals surface area contributed by atoms with E-state index >= 15 is 0 Å². The van der Waals surface area contributed by atoms with E-state index in [-0.39, 0.29) is 11.9 Å². The molecule has 0 spiro atoms. The van der Waals surface area contributed by atoms with E-state index in [0.717, 1.165) is 28.8 Å². The van der Waals surface area contributed by atoms with Crippen molar-refractivity contribution in [2.45, 2.75) is 39.3 Å². The van der Waals surface area contributed by atoms with E-state index in [4.69, 9.17) is 9.47 Å². The van der Waals surface area contributed by atoms with Gasteiger partial charge in [-0.15, -0.1) is 0 Å². The van der Waals surface area contributed by atoms with Crippen LogP contribution in [-0.2, 0) is 22.5 Å². The molecular weight excluding hydrogens is 346 g/mol. The molecule has 27 heavy (non-hydrogen) atoms. The van der Waals surface area contributed by atoms with Gasteiger partial charge in [0, 0.05) is 23.1 Å². The Balaban J connectivity index is 1.74. The minimum Gasteiger partial charge on any atom is -0.497 e. The highest BCUT2D eigenvalue weighted by atomic mass is 16.5. The van der Waals surface area contributed by atoms with Gasteiger partial charge in [-0.05, 0) is 42.5 Å². The summed E-state index contributed by atoms with van der Waals surface area (Å²) in [6, 6.07) is 5.06. The number of esters is 1. The minimum absolute atomic E-state index is 0.243. The van der Waals surface area contributed by atoms with Crippen molar-refractivity contribution in [3.05, 3.63) is 29.5 Å². The average molecular weight is 373 g/mol. The number of carbonyl (C=O) groups is 2. The third-order valence-electron chi connectivity index (χ3n) is 4.96. The van der Waals surface area contributed by atoms with Crippen LogP contribution < -0.4 is 10.1 Å². The van der Waals surface area contributed by atoms with Gasteiger partial charge in [-0.3, -0.25) is 0 Å². The monoisotopic (exact) mass is 373 g/mol. The lowest BCUT2D eigenvalue weighted by atomic mass is 10.0. The Kier molecular flexibility index (Phi) is 5.58. The zero-order chi connectivity index (χ0) is 19.6. The summed E-state index contributed by atoms with van der Waals surface area (Å²) in [5.74, 6) is 0.678. The number of nitrogens with one attached hydrogen (secondary N) is 2. The fourth-order valence-corrected chi connectivity index (χ4v) is 3.59. The van der Waals surface area contributed by atoms with Gasteiger partial charge in [0.1, 0.15) is 11.8 Å². The lowest BCUT2D eigenvalue weighted by molar-refractivity contribution is -0.143. The Hall–Kier alpha value is -2.70. The van der Waals surface area contributed by atoms with Crippen LogP contribution in [-0.4, -0.2) is 48.7 Å². The Labute approximate surface area is 159 Å². The summed E-state index contributed by atoms with van der Waals surface area (Å²) >= 11 is 0. The lowest BCUT2D eigenvalue weighted by Crippen LogP contribution is -2.50. The molecule has 1 aromatic carbocycles. The normalized spacial score (nSPS) is 14.8. The molecule has 2 aromatic rings. The second-order valence-corrected chi connectivity index (χ2v) is 7.32. The molecule has 2 amide bonds. The van der Waals surface area contributed by atoms with Crippen LogP contribution in [0.1, 0.15) is 31.5 Å². The Morgan fingerprint density at radius 3 is 2.74 bits per heavy atom. The maximum atomic E-state index is 12.7. The molecule has 0 saturated heterocycles. The van der Waals surface area contributed by atoms with Crippen molar-refractivity contribution in [1.82, 2.24) is 15.2 Å². The van der Waals surface area contributed by atoms with Crippen molar-refractivity contribution in [2.24, 2.45) is 5.92 Å². The van der Waals surface area contributed by atoms with Crippen molar-refractivity contribution >= 4 is 22.9 Å². The predicted octanol–water partition coefficient (Wildman–Crippen LogP) is 2.83. The maximum absolute atomic E-state index is 12.7. The molecule has 7 nitrogen and oxygen atoms in total. The number of amides is 2. The molecule has 0 bridgehead atoms. The van der Waals surface area contributed by atoms with Crippen LogP contribution in [0.15, 0.2) is 18.2 Å². The number of ether oxygens (including phenoxy) is 2. The van der Waals surface area contributed by atoms with Crippen LogP contribution in [0.4, 0.5) is 4.79 Å². The van der Waals surface area contributed by atoms with Crippen molar-refractivity contribution in [2.75, 3.05) is 20.8 Å². The van der Waals surface area contributed by atoms with Crippen molar-refractivity contribution in [3.8, 4) is 5.75 Å². The SMILES string of the molecule is COC(=O)[C@@H](CC(C)C)NC(=O)N1CCc2c([nH]c3ccc(OC)cc23)C1. The van der Waals surface area contributed by atoms with E-state index in [1.165, 1.54) is 12.7 Å². The predicted molar refractivity (Wildman–Crippen MR) is 103 cm³/mol. The molecule has 1 aliphatic heterocycles. The van der Waals surface area contributed by atoms with Gasteiger partial charge in [0.05, 0.1) is 20.8 Å². The van der Waals surface area contributed by atoms with Crippen LogP contribution >= 0.6 is 0 Å². The summed E-state index contributed by atoms with van der Waals surface area (Å²) < 4.78 is 10.1. The number of aromatic nitrogens is 1. The molecule has 0 unspecified atom stereocenters. The molecule has 0 aliphatic carbocycles. The number of carbonyl (C=O) groups excluding carboxylic acids is 2. The largest absolute Gasteiger partial charge is 0.497 e. The molecular formula is C20H27N3O4. The second kappa shape index (κ2) is 7.90. The van der Waals surface area contributed by atoms with Gasteiger partial charge in [-0.2, -0.15) is 0 Å². The van der Waals surface area contributed by atoms with Gasteiger partial charge in [0.2, 0.25) is 0 Å². The van der Waals surface area contributed by atoms with Crippen LogP contribution in [0.2, 0.25) is 0 Å². The van der Waals surface area contributed by atoms with Crippen LogP contribution in [0.5, 0.6) is 5.75 Å². The van der Waals surface area contributed by atoms with Crippen LogP contribution in [0, 0.1) is 5.92 Å². The molecule has 0 fully saturated rings. The van der Waals surface area contributed by atoms with E-state index in [0.29, 0.717) is 19.5 Å². The van der Waals surface area contributed by atoms with E-state index < -0.39 is 12.0 Å². The molecule has 1 aromatic heterocycles. The number of urea groups is 1. The Morgan fingerprint density at radius 2 is 2.07 bits per heavy atom. The fraction of sp³-hybridized carbons (Fsp3) is 0.500. The number of nitrogens with zero attached hydrogens (tertiary/aromatic N) is 1. The molecule has 1 aliphatic rings. The lowest BCUT2D eigenvalue weighted by Gasteiger charge is -2.29. The highest BCUT2D eigenvalue weighted by Gasteiger charge is 2.28. The molecule has 7 heteroatoms. The molecule has 3 rings (SSSR count). The number of fused-ring (bicyclic) bond motifs is 3. The van der Waals surface area contributed by atoms with Crippen LogP contribution in [0.3, 0.4) is 0 Å². The van der Waals surface area contributed by atoms with Crippen molar-refractivity contribution < 1.29 is 19.1 Å². The first kappa shape index (κ1) is 19.1. The van der Waals surface area contributed by atoms with E-state index in [2.05, 4.69) is 10.3 Å². The fourth-order valence-electron chi connectivity index (χ4n) is 3.59. The third-order valence-corrected chi connectivity index (χ3v) is 4.96. The van der Waals surface area contributed by atoms with Gasteiger partial charge in [-0.25, -0.2) is 9.59 Å². The molecule has 0 saturated carbocycles. The number of hydrogen-bond acceptors (Lipinski definition) is 4. The zero-order valence-electron chi connectivity index (χ0n) is 16.3. The van der Waals surface area contributed by atoms with Crippen molar-refractivity contribution in [1.29, 1.82) is 0 Å². The number of rotatable bonds is 5. The van der Waals surface area contributed by atoms with Gasteiger partial charge in [0.15, 0.2) is 0 Å². The van der Waals surface area contributed by atoms with E-state index in [1.54, 1.807) is 12.0 Å². The topological polar surface area (TPSA) is 83.7 Å². The standard InChI is InChI=1S/C20H27N3O4/c1-12(2)9-17(19(24)27-4)22-20(25)23-8-7-14-15-10-13(26-3)5-6-16(15)21-18(14)11-23/h5-6,10,12,17,21H,7-9,11H2,1-4H3,(H,22,25)/t17-/m1/s1. The second-order valence-electron chi connectivity index (χ2n) is 7.32. The summed E-state index contributed by atoms with van der Waals surface area (Å²) in [5.41, 5.74) is 3.29. The molecule has 0 radical (unpaired) electrons. The highest BCUT2D eigenvalue weighted by molar-refractivity contribution is 5.87. The molecule has 2 heterocycles. The maximum Gasteiger partial charge on any atom is 0.328 e. The van der Waals surface area contributed by atoms with E-state index in [9.17, 15) is 9.59 Å². The number of benzene rings is 1. The zero-order valence-corrected chi connectivity index (χ0v) is 16.3. The van der Waals surface area contributed by atoms with Crippen molar-refractivity contribution in [3.63, 3.8) is 0 Å². The van der Waals surface area contributed by atoms with Gasteiger partial charge < -0.3 is 24.7 Å². The number of aromatic amines is 1. The number of methoxy groups -OCH3 is 2. The summed E-state index contributed by atoms with van der Waals surface area (Å²) in [6.07, 6.45) is 1.30. The smallest absolute Gasteiger partial charge is 0.328 e. The first-order valence-corrected chi connectivity index (χ1v) is 9.23. The summed E-state index contributed by atoms with van der Waals surface area (Å²) in [6.45, 7) is 5.09. The quantitative estimate of drug-likeness (QED) is 0.790. The third kappa shape index (κ3) is 4.02. The van der Waals surface area contributed by atoms with Gasteiger partial charge >= 0.3 is 12.0 Å². The first-order chi connectivity index (χ1) is 12.9. The van der Waals surface area contributed by atoms with E-state index in [1.807, 2.05) is 32.0 Å². The molecule has 2 N–H and O–H groups in total. The van der Waals surface area contributed by atoms with Crippen LogP contribution in [0.25, 0.3) is 10.9 Å². The average Bonchev–Trinajstić information content (AvgIpc) is 3.03. The summed E-state index contributed by atoms with van der Waals surface area (Å²) in [7, 11) is 3.00. The number of H-pyrrole nitrogens is 1. The molecule has 146 valence electrons. The number of hydrogen-bond donors (Lipinski definition) is 2. The van der Waals surface area contributed by atoms with Gasteiger partial charge in [0.25, 0.3) is 0 Å². The Bertz CT molecular complexity index is 843. The summed E-state index contributed by atoms with van der Waals surface area (Å²) in [5, 5.41) is 3.97. The molecule has 1 atom stereocenters. The van der Waals surface area contributed by atoms with Gasteiger partial charge in [-0.1, -0.05) is 13.8 Å². The first-order valence-electron chi connectivity index (χ1n) is 9.23. The summed E-state index contributed by atoms with van der Waals surface area (Å²) in [4.78, 5) is 29.8. The highest BCUT2D eigenvalue weighted by Crippen LogP contribution is 2.30. The minimum atomic E-state index is -0.629. The Morgan fingerprint density at radius 1 is 1.30 bits per heavy atom.